The zero-order valence-corrected chi connectivity index (χ0v) is 19.2. The van der Waals surface area contributed by atoms with Crippen molar-refractivity contribution in [2.75, 3.05) is 32.8 Å². The smallest absolute Gasteiger partial charge is 0.232 e. The summed E-state index contributed by atoms with van der Waals surface area (Å²) in [4.78, 5) is 22.6. The van der Waals surface area contributed by atoms with Gasteiger partial charge in [-0.1, -0.05) is 25.4 Å². The van der Waals surface area contributed by atoms with Gasteiger partial charge in [-0.3, -0.25) is 4.79 Å². The van der Waals surface area contributed by atoms with Gasteiger partial charge in [-0.25, -0.2) is 9.98 Å². The second-order valence-corrected chi connectivity index (χ2v) is 6.88. The third-order valence-corrected chi connectivity index (χ3v) is 4.29. The minimum atomic E-state index is 0. The van der Waals surface area contributed by atoms with Gasteiger partial charge in [0, 0.05) is 37.8 Å². The van der Waals surface area contributed by atoms with Crippen LogP contribution in [0.5, 0.6) is 5.88 Å². The summed E-state index contributed by atoms with van der Waals surface area (Å²) in [7, 11) is 0. The van der Waals surface area contributed by atoms with Gasteiger partial charge in [0.25, 0.3) is 0 Å². The van der Waals surface area contributed by atoms with Crippen molar-refractivity contribution in [2.24, 2.45) is 10.9 Å². The van der Waals surface area contributed by atoms with E-state index in [0.29, 0.717) is 30.6 Å². The van der Waals surface area contributed by atoms with Crippen LogP contribution < -0.4 is 15.4 Å². The van der Waals surface area contributed by atoms with Crippen LogP contribution >= 0.6 is 35.6 Å². The fourth-order valence-corrected chi connectivity index (χ4v) is 2.91. The number of aliphatic imine (C=N–C) groups is 1. The van der Waals surface area contributed by atoms with Crippen molar-refractivity contribution in [3.8, 4) is 5.88 Å². The number of rotatable bonds is 7. The number of amides is 1. The van der Waals surface area contributed by atoms with Gasteiger partial charge in [-0.15, -0.1) is 24.0 Å². The minimum absolute atomic E-state index is 0. The van der Waals surface area contributed by atoms with Gasteiger partial charge in [-0.2, -0.15) is 0 Å². The Morgan fingerprint density at radius 2 is 2.30 bits per heavy atom. The first-order chi connectivity index (χ1) is 12.5. The maximum absolute atomic E-state index is 12.1. The Kier molecular flexibility index (Phi) is 10.8. The molecule has 1 fully saturated rings. The molecule has 0 aliphatic carbocycles. The summed E-state index contributed by atoms with van der Waals surface area (Å²) in [6, 6.07) is 3.71. The van der Waals surface area contributed by atoms with Gasteiger partial charge in [0.2, 0.25) is 11.8 Å². The number of carbonyl (C=O) groups is 1. The molecule has 2 heterocycles. The molecule has 1 aliphatic rings. The van der Waals surface area contributed by atoms with Crippen LogP contribution in [0.3, 0.4) is 0 Å². The Balaban J connectivity index is 0.00000364. The number of halogens is 2. The summed E-state index contributed by atoms with van der Waals surface area (Å²) in [6.45, 7) is 9.01. The number of carbonyl (C=O) groups excluding carboxylic acids is 1. The fourth-order valence-electron chi connectivity index (χ4n) is 2.73. The van der Waals surface area contributed by atoms with Crippen molar-refractivity contribution in [2.45, 2.75) is 33.2 Å². The van der Waals surface area contributed by atoms with Gasteiger partial charge >= 0.3 is 0 Å². The zero-order valence-electron chi connectivity index (χ0n) is 16.1. The molecule has 0 saturated carbocycles. The fraction of sp³-hybridized carbons (Fsp3) is 0.611. The zero-order chi connectivity index (χ0) is 18.9. The van der Waals surface area contributed by atoms with E-state index in [1.807, 2.05) is 25.7 Å². The Bertz CT molecular complexity index is 630. The van der Waals surface area contributed by atoms with Gasteiger partial charge in [-0.05, 0) is 25.5 Å². The van der Waals surface area contributed by atoms with Gasteiger partial charge in [0.15, 0.2) is 5.96 Å². The largest absolute Gasteiger partial charge is 0.475 e. The quantitative estimate of drug-likeness (QED) is 0.256. The average molecular weight is 510 g/mol. The molecule has 9 heteroatoms. The van der Waals surface area contributed by atoms with Crippen LogP contribution in [0.4, 0.5) is 0 Å². The monoisotopic (exact) mass is 509 g/mol. The number of hydrogen-bond donors (Lipinski definition) is 2. The van der Waals surface area contributed by atoms with E-state index in [2.05, 4.69) is 20.6 Å². The maximum Gasteiger partial charge on any atom is 0.232 e. The third kappa shape index (κ3) is 7.69. The molecule has 1 aliphatic heterocycles. The summed E-state index contributed by atoms with van der Waals surface area (Å²) in [5.74, 6) is 1.39. The maximum atomic E-state index is 12.1. The Labute approximate surface area is 183 Å². The molecular weight excluding hydrogens is 481 g/mol. The number of hydrogen-bond acceptors (Lipinski definition) is 4. The van der Waals surface area contributed by atoms with Crippen molar-refractivity contribution in [3.63, 3.8) is 0 Å². The predicted octanol–water partition coefficient (Wildman–Crippen LogP) is 2.54. The van der Waals surface area contributed by atoms with Crippen LogP contribution in [0.25, 0.3) is 0 Å². The van der Waals surface area contributed by atoms with Crippen molar-refractivity contribution < 1.29 is 9.53 Å². The standard InChI is InChI=1S/C18H28ClN5O2.HI/c1-4-20-18(22-9-11-26-16-15(19)6-5-8-21-16)23-14-7-10-24(12-14)17(25)13(2)3;/h5-6,8,13-14H,4,7,9-12H2,1-3H3,(H2,20,22,23);1H. The molecule has 1 aromatic heterocycles. The number of ether oxygens (including phenoxy) is 1. The third-order valence-electron chi connectivity index (χ3n) is 4.00. The summed E-state index contributed by atoms with van der Waals surface area (Å²) < 4.78 is 5.55. The van der Waals surface area contributed by atoms with E-state index in [1.165, 1.54) is 0 Å². The van der Waals surface area contributed by atoms with Crippen LogP contribution in [0.1, 0.15) is 27.2 Å². The van der Waals surface area contributed by atoms with E-state index in [-0.39, 0.29) is 41.8 Å². The molecule has 1 amide bonds. The van der Waals surface area contributed by atoms with Crippen LogP contribution in [0.15, 0.2) is 23.3 Å². The highest BCUT2D eigenvalue weighted by Gasteiger charge is 2.27. The number of likely N-dealkylation sites (tertiary alicyclic amines) is 1. The van der Waals surface area contributed by atoms with Crippen molar-refractivity contribution >= 4 is 47.4 Å². The molecule has 1 atom stereocenters. The first kappa shape index (κ1) is 23.7. The normalized spacial score (nSPS) is 16.9. The van der Waals surface area contributed by atoms with E-state index in [9.17, 15) is 4.79 Å². The van der Waals surface area contributed by atoms with E-state index < -0.39 is 0 Å². The van der Waals surface area contributed by atoms with Crippen LogP contribution in [-0.2, 0) is 4.79 Å². The Hall–Kier alpha value is -1.29. The van der Waals surface area contributed by atoms with E-state index >= 15 is 0 Å². The highest BCUT2D eigenvalue weighted by molar-refractivity contribution is 14.0. The molecular formula is C18H29ClIN5O2. The molecule has 152 valence electrons. The summed E-state index contributed by atoms with van der Waals surface area (Å²) >= 11 is 6.01. The summed E-state index contributed by atoms with van der Waals surface area (Å²) in [6.07, 6.45) is 2.56. The predicted molar refractivity (Wildman–Crippen MR) is 119 cm³/mol. The number of aromatic nitrogens is 1. The Morgan fingerprint density at radius 1 is 1.52 bits per heavy atom. The van der Waals surface area contributed by atoms with Crippen molar-refractivity contribution in [1.82, 2.24) is 20.5 Å². The molecule has 1 aromatic rings. The topological polar surface area (TPSA) is 78.9 Å². The molecule has 7 nitrogen and oxygen atoms in total. The number of nitrogens with one attached hydrogen (secondary N) is 2. The molecule has 2 rings (SSSR count). The number of pyridine rings is 1. The van der Waals surface area contributed by atoms with Crippen molar-refractivity contribution in [3.05, 3.63) is 23.4 Å². The van der Waals surface area contributed by atoms with Gasteiger partial charge in [0.05, 0.1) is 6.54 Å². The second-order valence-electron chi connectivity index (χ2n) is 6.47. The highest BCUT2D eigenvalue weighted by atomic mass is 127. The first-order valence-corrected chi connectivity index (χ1v) is 9.46. The number of nitrogens with zero attached hydrogens (tertiary/aromatic N) is 3. The Morgan fingerprint density at radius 3 is 2.96 bits per heavy atom. The van der Waals surface area contributed by atoms with E-state index in [4.69, 9.17) is 16.3 Å². The molecule has 1 unspecified atom stereocenters. The minimum Gasteiger partial charge on any atom is -0.475 e. The molecule has 0 spiro atoms. The second kappa shape index (κ2) is 12.2. The van der Waals surface area contributed by atoms with E-state index in [1.54, 1.807) is 18.3 Å². The average Bonchev–Trinajstić information content (AvgIpc) is 3.07. The van der Waals surface area contributed by atoms with Gasteiger partial charge < -0.3 is 20.3 Å². The lowest BCUT2D eigenvalue weighted by Crippen LogP contribution is -2.45. The SMILES string of the molecule is CCNC(=NCCOc1ncccc1Cl)NC1CCN(C(=O)C(C)C)C1.I. The van der Waals surface area contributed by atoms with Crippen LogP contribution in [0.2, 0.25) is 5.02 Å². The first-order valence-electron chi connectivity index (χ1n) is 9.08. The molecule has 1 saturated heterocycles. The van der Waals surface area contributed by atoms with E-state index in [0.717, 1.165) is 25.5 Å². The van der Waals surface area contributed by atoms with Crippen molar-refractivity contribution in [1.29, 1.82) is 0 Å². The molecule has 0 radical (unpaired) electrons. The van der Waals surface area contributed by atoms with Gasteiger partial charge in [0.1, 0.15) is 11.6 Å². The summed E-state index contributed by atoms with van der Waals surface area (Å²) in [5.41, 5.74) is 0. The lowest BCUT2D eigenvalue weighted by atomic mass is 10.2. The molecule has 2 N–H and O–H groups in total. The van der Waals surface area contributed by atoms with Crippen LogP contribution in [-0.4, -0.2) is 60.6 Å². The summed E-state index contributed by atoms with van der Waals surface area (Å²) in [5, 5.41) is 7.11. The lowest BCUT2D eigenvalue weighted by Gasteiger charge is -2.20. The molecule has 0 bridgehead atoms. The molecule has 0 aromatic carbocycles. The molecule has 27 heavy (non-hydrogen) atoms. The lowest BCUT2D eigenvalue weighted by molar-refractivity contribution is -0.133. The highest BCUT2D eigenvalue weighted by Crippen LogP contribution is 2.19. The number of guanidine groups is 1. The van der Waals surface area contributed by atoms with Crippen LogP contribution in [0, 0.1) is 5.92 Å².